The normalized spacial score (nSPS) is 12.0. The van der Waals surface area contributed by atoms with Crippen LogP contribution in [0.25, 0.3) is 38.1 Å². The number of para-hydroxylation sites is 3. The minimum atomic E-state index is -1.55. The third-order valence-corrected chi connectivity index (χ3v) is 12.1. The summed E-state index contributed by atoms with van der Waals surface area (Å²) >= 11 is 0. The molecule has 3 nitrogen and oxygen atoms in total. The summed E-state index contributed by atoms with van der Waals surface area (Å²) in [6.45, 7) is 9.43. The van der Waals surface area contributed by atoms with Gasteiger partial charge in [0, 0.05) is 44.3 Å². The molecule has 9 rings (SSSR count). The number of rotatable bonds is 7. The van der Waals surface area contributed by atoms with Crippen LogP contribution in [0.1, 0.15) is 5.56 Å². The zero-order chi connectivity index (χ0) is 34.0. The number of aromatic nitrogens is 1. The third-order valence-electron chi connectivity index (χ3n) is 10.1. The molecule has 0 atom stereocenters. The van der Waals surface area contributed by atoms with E-state index < -0.39 is 8.07 Å². The van der Waals surface area contributed by atoms with Gasteiger partial charge in [-0.25, -0.2) is 0 Å². The first-order valence-electron chi connectivity index (χ1n) is 17.5. The van der Waals surface area contributed by atoms with Crippen LogP contribution in [0.4, 0.5) is 34.1 Å². The third kappa shape index (κ3) is 4.79. The van der Waals surface area contributed by atoms with Gasteiger partial charge in [0.05, 0.1) is 36.0 Å². The van der Waals surface area contributed by atoms with Gasteiger partial charge in [0.15, 0.2) is 0 Å². The van der Waals surface area contributed by atoms with E-state index in [-0.39, 0.29) is 0 Å². The van der Waals surface area contributed by atoms with Gasteiger partial charge in [-0.1, -0.05) is 116 Å². The van der Waals surface area contributed by atoms with E-state index in [2.05, 4.69) is 205 Å². The molecular weight excluding hydrogens is 623 g/mol. The summed E-state index contributed by atoms with van der Waals surface area (Å²) in [5, 5.41) is 6.50. The molecule has 0 spiro atoms. The van der Waals surface area contributed by atoms with Crippen LogP contribution in [0.3, 0.4) is 0 Å². The second kappa shape index (κ2) is 11.6. The Morgan fingerprint density at radius 1 is 0.440 bits per heavy atom. The van der Waals surface area contributed by atoms with Gasteiger partial charge in [-0.3, -0.25) is 0 Å². The monoisotopic (exact) mass is 661 g/mol. The molecule has 7 aromatic carbocycles. The van der Waals surface area contributed by atoms with Gasteiger partial charge in [-0.2, -0.15) is 0 Å². The number of hydrogen-bond donors (Lipinski definition) is 0. The maximum absolute atomic E-state index is 2.50. The smallest absolute Gasteiger partial charge is 0.0776 e. The number of anilines is 6. The molecule has 4 heteroatoms. The van der Waals surface area contributed by atoms with Gasteiger partial charge in [0.25, 0.3) is 0 Å². The Morgan fingerprint density at radius 2 is 0.900 bits per heavy atom. The summed E-state index contributed by atoms with van der Waals surface area (Å²) < 4.78 is 2.50. The number of hydrogen-bond acceptors (Lipinski definition) is 2. The van der Waals surface area contributed by atoms with Gasteiger partial charge < -0.3 is 14.2 Å². The van der Waals surface area contributed by atoms with Crippen LogP contribution in [0.15, 0.2) is 164 Å². The largest absolute Gasteiger partial charge is 0.310 e. The minimum Gasteiger partial charge on any atom is -0.310 e. The highest BCUT2D eigenvalue weighted by atomic mass is 28.3. The average molecular weight is 662 g/mol. The molecule has 2 aromatic heterocycles. The lowest BCUT2D eigenvalue weighted by atomic mass is 10.0. The Kier molecular flexibility index (Phi) is 7.04. The molecule has 0 amide bonds. The van der Waals surface area contributed by atoms with E-state index in [1.165, 1.54) is 65.9 Å². The van der Waals surface area contributed by atoms with Crippen molar-refractivity contribution in [2.45, 2.75) is 26.6 Å². The Balaban J connectivity index is 1.35. The van der Waals surface area contributed by atoms with E-state index >= 15 is 0 Å². The predicted octanol–water partition coefficient (Wildman–Crippen LogP) is 12.6. The topological polar surface area (TPSA) is 10.9 Å². The molecule has 0 saturated heterocycles. The van der Waals surface area contributed by atoms with Crippen molar-refractivity contribution in [2.75, 3.05) is 9.80 Å². The van der Waals surface area contributed by atoms with Crippen molar-refractivity contribution >= 4 is 85.5 Å². The van der Waals surface area contributed by atoms with Crippen LogP contribution >= 0.6 is 0 Å². The molecule has 0 unspecified atom stereocenters. The molecule has 242 valence electrons. The van der Waals surface area contributed by atoms with Crippen LogP contribution in [0, 0.1) is 6.92 Å². The van der Waals surface area contributed by atoms with Gasteiger partial charge >= 0.3 is 0 Å². The molecule has 9 aromatic rings. The Morgan fingerprint density at radius 3 is 1.42 bits per heavy atom. The maximum Gasteiger partial charge on any atom is 0.0776 e. The van der Waals surface area contributed by atoms with E-state index in [0.29, 0.717) is 0 Å². The molecule has 0 bridgehead atoms. The zero-order valence-electron chi connectivity index (χ0n) is 28.9. The lowest BCUT2D eigenvalue weighted by molar-refractivity contribution is 1.28. The summed E-state index contributed by atoms with van der Waals surface area (Å²) in [4.78, 5) is 4.86. The van der Waals surface area contributed by atoms with E-state index in [4.69, 9.17) is 0 Å². The summed E-state index contributed by atoms with van der Waals surface area (Å²) in [5.74, 6) is 0. The molecular formula is C46H39N3Si. The highest BCUT2D eigenvalue weighted by Crippen LogP contribution is 2.49. The molecule has 50 heavy (non-hydrogen) atoms. The Hall–Kier alpha value is -5.84. The van der Waals surface area contributed by atoms with Gasteiger partial charge in [-0.15, -0.1) is 0 Å². The first-order valence-corrected chi connectivity index (χ1v) is 21.0. The van der Waals surface area contributed by atoms with Crippen molar-refractivity contribution < 1.29 is 0 Å². The van der Waals surface area contributed by atoms with Crippen molar-refractivity contribution in [3.63, 3.8) is 0 Å². The van der Waals surface area contributed by atoms with Crippen LogP contribution in [0.5, 0.6) is 0 Å². The van der Waals surface area contributed by atoms with Crippen molar-refractivity contribution in [3.8, 4) is 0 Å². The Labute approximate surface area is 294 Å². The molecule has 0 fully saturated rings. The van der Waals surface area contributed by atoms with Gasteiger partial charge in [0.1, 0.15) is 0 Å². The lowest BCUT2D eigenvalue weighted by Crippen LogP contribution is -2.37. The number of benzene rings is 7. The number of fused-ring (bicyclic) bond motifs is 6. The molecule has 0 aliphatic carbocycles. The SMILES string of the molecule is Cc1cccc(N(c2ccccc2)c2cccc3c2c2cccc4c5c(N(c6ccccc6)c6cccc([Si](C)(C)C)c6)cccc5n3c24)c1. The lowest BCUT2D eigenvalue weighted by Gasteiger charge is -2.28. The average Bonchev–Trinajstić information content (AvgIpc) is 3.66. The van der Waals surface area contributed by atoms with Crippen LogP contribution in [0.2, 0.25) is 19.6 Å². The summed E-state index contributed by atoms with van der Waals surface area (Å²) in [5.41, 5.74) is 11.9. The van der Waals surface area contributed by atoms with E-state index in [1.54, 1.807) is 0 Å². The summed E-state index contributed by atoms with van der Waals surface area (Å²) in [6, 6.07) is 60.0. The summed E-state index contributed by atoms with van der Waals surface area (Å²) in [7, 11) is -1.55. The van der Waals surface area contributed by atoms with E-state index in [1.807, 2.05) is 0 Å². The molecule has 2 heterocycles. The quantitative estimate of drug-likeness (QED) is 0.157. The highest BCUT2D eigenvalue weighted by Gasteiger charge is 2.26. The minimum absolute atomic E-state index is 1.14. The van der Waals surface area contributed by atoms with E-state index in [0.717, 1.165) is 17.1 Å². The number of aryl methyl sites for hydroxylation is 1. The van der Waals surface area contributed by atoms with Crippen LogP contribution in [-0.4, -0.2) is 12.5 Å². The van der Waals surface area contributed by atoms with Crippen molar-refractivity contribution in [2.24, 2.45) is 0 Å². The standard InChI is InChI=1S/C46H39N3Si/c1-32-16-11-21-35(30-32)47(33-17-7-5-8-18-33)40-26-14-28-42-44(40)38-24-13-25-39-45-41(27-15-29-43(45)49(42)46(38)39)48(34-19-9-6-10-20-34)36-22-12-23-37(31-36)50(2,3)4/h5-31H,1-4H3. The zero-order valence-corrected chi connectivity index (χ0v) is 29.9. The summed E-state index contributed by atoms with van der Waals surface area (Å²) in [6.07, 6.45) is 0. The first-order chi connectivity index (χ1) is 24.4. The van der Waals surface area contributed by atoms with Gasteiger partial charge in [-0.05, 0) is 85.3 Å². The van der Waals surface area contributed by atoms with Crippen molar-refractivity contribution in [3.05, 3.63) is 169 Å². The highest BCUT2D eigenvalue weighted by molar-refractivity contribution is 6.88. The predicted molar refractivity (Wildman–Crippen MR) is 218 cm³/mol. The maximum atomic E-state index is 2.50. The molecule has 0 saturated carbocycles. The van der Waals surface area contributed by atoms with Crippen molar-refractivity contribution in [1.82, 2.24) is 4.40 Å². The van der Waals surface area contributed by atoms with Crippen molar-refractivity contribution in [1.29, 1.82) is 0 Å². The van der Waals surface area contributed by atoms with E-state index in [9.17, 15) is 0 Å². The van der Waals surface area contributed by atoms with Gasteiger partial charge in [0.2, 0.25) is 0 Å². The molecule has 0 radical (unpaired) electrons. The fourth-order valence-electron chi connectivity index (χ4n) is 7.80. The first kappa shape index (κ1) is 30.2. The second-order valence-corrected chi connectivity index (χ2v) is 19.4. The van der Waals surface area contributed by atoms with Crippen LogP contribution < -0.4 is 15.0 Å². The molecule has 0 N–H and O–H groups in total. The molecule has 0 aliphatic rings. The Bertz CT molecular complexity index is 2650. The fraction of sp³-hybridized carbons (Fsp3) is 0.0870. The molecule has 0 aliphatic heterocycles. The fourth-order valence-corrected chi connectivity index (χ4v) is 8.98. The number of nitrogens with zero attached hydrogens (tertiary/aromatic N) is 3. The van der Waals surface area contributed by atoms with Crippen LogP contribution in [-0.2, 0) is 0 Å². The second-order valence-electron chi connectivity index (χ2n) is 14.4.